The minimum Gasteiger partial charge on any atom is -0.348 e. The highest BCUT2D eigenvalue weighted by atomic mass is 16.7. The van der Waals surface area contributed by atoms with E-state index in [0.29, 0.717) is 13.2 Å². The van der Waals surface area contributed by atoms with E-state index in [4.69, 9.17) is 9.47 Å². The van der Waals surface area contributed by atoms with Crippen molar-refractivity contribution in [2.24, 2.45) is 5.41 Å². The lowest BCUT2D eigenvalue weighted by Crippen LogP contribution is -2.32. The highest BCUT2D eigenvalue weighted by Gasteiger charge is 2.25. The second-order valence-corrected chi connectivity index (χ2v) is 5.88. The van der Waals surface area contributed by atoms with Gasteiger partial charge in [0.25, 0.3) is 0 Å². The average Bonchev–Trinajstić information content (AvgIpc) is 2.34. The Hall–Kier alpha value is -0.600. The van der Waals surface area contributed by atoms with Gasteiger partial charge in [-0.05, 0) is 12.8 Å². The van der Waals surface area contributed by atoms with Crippen LogP contribution in [0.25, 0.3) is 0 Å². The number of unbranched alkanes of at least 4 members (excludes halogenated alkanes) is 2. The van der Waals surface area contributed by atoms with Crippen molar-refractivity contribution in [3.05, 3.63) is 24.3 Å². The zero-order valence-electron chi connectivity index (χ0n) is 13.4. The third-order valence-corrected chi connectivity index (χ3v) is 2.64. The first-order valence-electron chi connectivity index (χ1n) is 7.55. The van der Waals surface area contributed by atoms with Crippen LogP contribution in [0.5, 0.6) is 0 Å². The van der Waals surface area contributed by atoms with Crippen molar-refractivity contribution < 1.29 is 9.47 Å². The third-order valence-electron chi connectivity index (χ3n) is 2.64. The van der Waals surface area contributed by atoms with Gasteiger partial charge in [-0.1, -0.05) is 71.8 Å². The SMILES string of the molecule is CCC/C=C/COC(OC/C=C/CCC)C(C)(C)C. The number of hydrogen-bond acceptors (Lipinski definition) is 2. The Kier molecular flexibility index (Phi) is 10.9. The molecule has 0 fully saturated rings. The molecule has 0 bridgehead atoms. The molecule has 0 heterocycles. The van der Waals surface area contributed by atoms with Crippen LogP contribution >= 0.6 is 0 Å². The van der Waals surface area contributed by atoms with Crippen molar-refractivity contribution in [3.8, 4) is 0 Å². The van der Waals surface area contributed by atoms with Gasteiger partial charge in [0.1, 0.15) is 0 Å². The molecular formula is C17H32O2. The second-order valence-electron chi connectivity index (χ2n) is 5.88. The first-order chi connectivity index (χ1) is 9.02. The standard InChI is InChI=1S/C17H32O2/c1-6-8-10-12-14-18-16(17(3,4)5)19-15-13-11-9-7-2/h10-13,16H,6-9,14-15H2,1-5H3/b12-10+,13-11+. The first kappa shape index (κ1) is 18.4. The molecule has 0 aromatic carbocycles. The summed E-state index contributed by atoms with van der Waals surface area (Å²) in [5.41, 5.74) is -0.00279. The number of hydrogen-bond donors (Lipinski definition) is 0. The number of allylic oxidation sites excluding steroid dienone is 2. The summed E-state index contributed by atoms with van der Waals surface area (Å²) in [7, 11) is 0. The zero-order chi connectivity index (χ0) is 14.6. The molecule has 112 valence electrons. The Labute approximate surface area is 119 Å². The number of rotatable bonds is 10. The Bertz CT molecular complexity index is 228. The van der Waals surface area contributed by atoms with E-state index in [1.807, 2.05) is 0 Å². The van der Waals surface area contributed by atoms with Crippen molar-refractivity contribution in [3.63, 3.8) is 0 Å². The molecule has 2 heteroatoms. The normalized spacial score (nSPS) is 13.2. The molecule has 0 amide bonds. The maximum Gasteiger partial charge on any atom is 0.163 e. The summed E-state index contributed by atoms with van der Waals surface area (Å²) in [4.78, 5) is 0. The van der Waals surface area contributed by atoms with Gasteiger partial charge in [-0.25, -0.2) is 0 Å². The fourth-order valence-electron chi connectivity index (χ4n) is 1.54. The van der Waals surface area contributed by atoms with Gasteiger partial charge in [-0.15, -0.1) is 0 Å². The molecule has 0 aliphatic rings. The molecule has 0 N–H and O–H groups in total. The quantitative estimate of drug-likeness (QED) is 0.405. The molecular weight excluding hydrogens is 236 g/mol. The lowest BCUT2D eigenvalue weighted by Gasteiger charge is -2.29. The van der Waals surface area contributed by atoms with E-state index in [1.54, 1.807) is 0 Å². The van der Waals surface area contributed by atoms with E-state index >= 15 is 0 Å². The van der Waals surface area contributed by atoms with Crippen LogP contribution in [-0.2, 0) is 9.47 Å². The number of ether oxygens (including phenoxy) is 2. The van der Waals surface area contributed by atoms with Crippen molar-refractivity contribution in [2.45, 2.75) is 66.6 Å². The molecule has 0 atom stereocenters. The van der Waals surface area contributed by atoms with E-state index in [-0.39, 0.29) is 11.7 Å². The Morgan fingerprint density at radius 2 is 1.21 bits per heavy atom. The minimum absolute atomic E-state index is 0.00279. The predicted molar refractivity (Wildman–Crippen MR) is 83.2 cm³/mol. The molecule has 0 aliphatic heterocycles. The van der Waals surface area contributed by atoms with Crippen LogP contribution in [0.4, 0.5) is 0 Å². The lowest BCUT2D eigenvalue weighted by molar-refractivity contribution is -0.181. The molecule has 0 rings (SSSR count). The highest BCUT2D eigenvalue weighted by molar-refractivity contribution is 4.83. The fourth-order valence-corrected chi connectivity index (χ4v) is 1.54. The van der Waals surface area contributed by atoms with E-state index in [9.17, 15) is 0 Å². The van der Waals surface area contributed by atoms with Gasteiger partial charge in [-0.3, -0.25) is 0 Å². The summed E-state index contributed by atoms with van der Waals surface area (Å²) < 4.78 is 11.6. The molecule has 0 unspecified atom stereocenters. The Morgan fingerprint density at radius 1 is 0.789 bits per heavy atom. The van der Waals surface area contributed by atoms with Gasteiger partial charge >= 0.3 is 0 Å². The average molecular weight is 268 g/mol. The van der Waals surface area contributed by atoms with Crippen LogP contribution in [0.3, 0.4) is 0 Å². The van der Waals surface area contributed by atoms with Gasteiger partial charge in [-0.2, -0.15) is 0 Å². The molecule has 0 aromatic rings. The van der Waals surface area contributed by atoms with Gasteiger partial charge in [0.2, 0.25) is 0 Å². The molecule has 0 aromatic heterocycles. The summed E-state index contributed by atoms with van der Waals surface area (Å²) in [6.07, 6.45) is 12.9. The van der Waals surface area contributed by atoms with E-state index < -0.39 is 0 Å². The maximum atomic E-state index is 5.82. The summed E-state index contributed by atoms with van der Waals surface area (Å²) >= 11 is 0. The molecule has 0 saturated heterocycles. The third kappa shape index (κ3) is 11.0. The molecule has 2 nitrogen and oxygen atoms in total. The second kappa shape index (κ2) is 11.2. The van der Waals surface area contributed by atoms with Crippen LogP contribution in [0.15, 0.2) is 24.3 Å². The van der Waals surface area contributed by atoms with Gasteiger partial charge in [0.15, 0.2) is 6.29 Å². The van der Waals surface area contributed by atoms with Crippen LogP contribution < -0.4 is 0 Å². The Morgan fingerprint density at radius 3 is 1.53 bits per heavy atom. The van der Waals surface area contributed by atoms with Gasteiger partial charge < -0.3 is 9.47 Å². The van der Waals surface area contributed by atoms with Crippen molar-refractivity contribution >= 4 is 0 Å². The Balaban J connectivity index is 4.03. The van der Waals surface area contributed by atoms with Crippen molar-refractivity contribution in [2.75, 3.05) is 13.2 Å². The summed E-state index contributed by atoms with van der Waals surface area (Å²) in [6, 6.07) is 0. The van der Waals surface area contributed by atoms with E-state index in [0.717, 1.165) is 12.8 Å². The fraction of sp³-hybridized carbons (Fsp3) is 0.765. The maximum absolute atomic E-state index is 5.82. The summed E-state index contributed by atoms with van der Waals surface area (Å²) in [5.74, 6) is 0. The predicted octanol–water partition coefficient (Wildman–Crippen LogP) is 5.10. The molecule has 0 radical (unpaired) electrons. The largest absolute Gasteiger partial charge is 0.348 e. The van der Waals surface area contributed by atoms with E-state index in [2.05, 4.69) is 58.9 Å². The van der Waals surface area contributed by atoms with Gasteiger partial charge in [0, 0.05) is 5.41 Å². The van der Waals surface area contributed by atoms with Crippen LogP contribution in [0.1, 0.15) is 60.3 Å². The van der Waals surface area contributed by atoms with Crippen molar-refractivity contribution in [1.29, 1.82) is 0 Å². The van der Waals surface area contributed by atoms with E-state index in [1.165, 1.54) is 12.8 Å². The highest BCUT2D eigenvalue weighted by Crippen LogP contribution is 2.23. The molecule has 0 saturated carbocycles. The van der Waals surface area contributed by atoms with Crippen molar-refractivity contribution in [1.82, 2.24) is 0 Å². The molecule has 0 spiro atoms. The van der Waals surface area contributed by atoms with Gasteiger partial charge in [0.05, 0.1) is 13.2 Å². The summed E-state index contributed by atoms with van der Waals surface area (Å²) in [6.45, 7) is 12.0. The monoisotopic (exact) mass is 268 g/mol. The smallest absolute Gasteiger partial charge is 0.163 e. The van der Waals surface area contributed by atoms with Crippen LogP contribution in [-0.4, -0.2) is 19.5 Å². The first-order valence-corrected chi connectivity index (χ1v) is 7.55. The van der Waals surface area contributed by atoms with Crippen LogP contribution in [0, 0.1) is 5.41 Å². The summed E-state index contributed by atoms with van der Waals surface area (Å²) in [5, 5.41) is 0. The minimum atomic E-state index is -0.162. The lowest BCUT2D eigenvalue weighted by atomic mass is 9.96. The molecule has 19 heavy (non-hydrogen) atoms. The van der Waals surface area contributed by atoms with Crippen LogP contribution in [0.2, 0.25) is 0 Å². The topological polar surface area (TPSA) is 18.5 Å². The zero-order valence-corrected chi connectivity index (χ0v) is 13.4. The molecule has 0 aliphatic carbocycles.